The number of aliphatic hydroxyl groups excluding tert-OH is 2. The molecule has 0 amide bonds. The van der Waals surface area contributed by atoms with Crippen LogP contribution in [0.4, 0.5) is 0 Å². The Morgan fingerprint density at radius 3 is 1.40 bits per heavy atom. The van der Waals surface area contributed by atoms with Crippen molar-refractivity contribution in [1.29, 1.82) is 0 Å². The molecule has 0 spiro atoms. The molecule has 0 aromatic heterocycles. The zero-order valence-electron chi connectivity index (χ0n) is 13.4. The van der Waals surface area contributed by atoms with Gasteiger partial charge >= 0.3 is 0 Å². The maximum Gasteiger partial charge on any atom is 0.0431 e. The lowest BCUT2D eigenvalue weighted by Gasteiger charge is -2.70. The lowest BCUT2D eigenvalue weighted by atomic mass is 9.35. The maximum atomic E-state index is 9.27. The van der Waals surface area contributed by atoms with Gasteiger partial charge in [0.2, 0.25) is 0 Å². The van der Waals surface area contributed by atoms with Crippen LogP contribution in [0.2, 0.25) is 0 Å². The van der Waals surface area contributed by atoms with Gasteiger partial charge in [0.25, 0.3) is 0 Å². The standard InChI is InChI=1S/C18H32O2/c1-15-9-16(2)12-17(10-15,5-3-7-19)14-18(11-15,13-16)6-4-8-20/h19-20H,3-14H2,1-2H3. The minimum atomic E-state index is 0.346. The second-order valence-corrected chi connectivity index (χ2v) is 9.34. The smallest absolute Gasteiger partial charge is 0.0431 e. The van der Waals surface area contributed by atoms with E-state index in [0.717, 1.165) is 12.8 Å². The summed E-state index contributed by atoms with van der Waals surface area (Å²) < 4.78 is 0. The van der Waals surface area contributed by atoms with E-state index in [1.54, 1.807) is 0 Å². The molecule has 4 aliphatic carbocycles. The summed E-state index contributed by atoms with van der Waals surface area (Å²) in [6.45, 7) is 5.73. The number of aliphatic hydroxyl groups is 2. The van der Waals surface area contributed by atoms with Gasteiger partial charge in [0, 0.05) is 13.2 Å². The first kappa shape index (κ1) is 14.8. The van der Waals surface area contributed by atoms with Crippen LogP contribution >= 0.6 is 0 Å². The Hall–Kier alpha value is -0.0800. The molecule has 20 heavy (non-hydrogen) atoms. The second kappa shape index (κ2) is 4.71. The summed E-state index contributed by atoms with van der Waals surface area (Å²) in [5.74, 6) is 0. The zero-order valence-corrected chi connectivity index (χ0v) is 13.4. The van der Waals surface area contributed by atoms with Crippen LogP contribution in [0.3, 0.4) is 0 Å². The van der Waals surface area contributed by atoms with E-state index >= 15 is 0 Å². The third kappa shape index (κ3) is 2.43. The van der Waals surface area contributed by atoms with Crippen molar-refractivity contribution in [2.75, 3.05) is 13.2 Å². The highest BCUT2D eigenvalue weighted by Crippen LogP contribution is 2.75. The molecule has 0 radical (unpaired) electrons. The molecule has 0 heterocycles. The van der Waals surface area contributed by atoms with Crippen LogP contribution in [-0.4, -0.2) is 23.4 Å². The number of rotatable bonds is 6. The van der Waals surface area contributed by atoms with E-state index in [0.29, 0.717) is 34.9 Å². The topological polar surface area (TPSA) is 40.5 Å². The van der Waals surface area contributed by atoms with Crippen molar-refractivity contribution in [3.63, 3.8) is 0 Å². The van der Waals surface area contributed by atoms with Crippen molar-refractivity contribution in [3.05, 3.63) is 0 Å². The molecular weight excluding hydrogens is 248 g/mol. The van der Waals surface area contributed by atoms with Crippen molar-refractivity contribution in [2.45, 2.75) is 78.1 Å². The summed E-state index contributed by atoms with van der Waals surface area (Å²) in [5.41, 5.74) is 2.04. The third-order valence-electron chi connectivity index (χ3n) is 6.54. The highest BCUT2D eigenvalue weighted by atomic mass is 16.3. The number of hydrogen-bond acceptors (Lipinski definition) is 2. The van der Waals surface area contributed by atoms with Crippen molar-refractivity contribution in [2.24, 2.45) is 21.7 Å². The van der Waals surface area contributed by atoms with Crippen LogP contribution in [0.5, 0.6) is 0 Å². The quantitative estimate of drug-likeness (QED) is 0.774. The van der Waals surface area contributed by atoms with E-state index in [9.17, 15) is 10.2 Å². The first-order valence-electron chi connectivity index (χ1n) is 8.58. The Balaban J connectivity index is 1.88. The van der Waals surface area contributed by atoms with Gasteiger partial charge in [-0.3, -0.25) is 0 Å². The van der Waals surface area contributed by atoms with E-state index in [2.05, 4.69) is 13.8 Å². The zero-order chi connectivity index (χ0) is 14.5. The first-order chi connectivity index (χ1) is 9.36. The fraction of sp³-hybridized carbons (Fsp3) is 1.00. The van der Waals surface area contributed by atoms with E-state index < -0.39 is 0 Å². The van der Waals surface area contributed by atoms with Crippen LogP contribution in [0.25, 0.3) is 0 Å². The van der Waals surface area contributed by atoms with Gasteiger partial charge in [-0.15, -0.1) is 0 Å². The molecule has 2 N–H and O–H groups in total. The van der Waals surface area contributed by atoms with E-state index in [-0.39, 0.29) is 0 Å². The lowest BCUT2D eigenvalue weighted by Crippen LogP contribution is -2.59. The third-order valence-corrected chi connectivity index (χ3v) is 6.54. The monoisotopic (exact) mass is 280 g/mol. The molecule has 2 nitrogen and oxygen atoms in total. The van der Waals surface area contributed by atoms with Crippen molar-refractivity contribution < 1.29 is 10.2 Å². The molecule has 0 aliphatic heterocycles. The predicted octanol–water partition coefficient (Wildman–Crippen LogP) is 3.90. The molecule has 4 rings (SSSR count). The minimum Gasteiger partial charge on any atom is -0.396 e. The molecule has 0 aromatic carbocycles. The molecule has 116 valence electrons. The molecule has 4 saturated carbocycles. The Bertz CT molecular complexity index is 328. The Kier molecular flexibility index (Phi) is 3.49. The van der Waals surface area contributed by atoms with Crippen LogP contribution in [0.15, 0.2) is 0 Å². The van der Waals surface area contributed by atoms with E-state index in [4.69, 9.17) is 0 Å². The minimum absolute atomic E-state index is 0.346. The highest BCUT2D eigenvalue weighted by Gasteiger charge is 2.64. The number of hydrogen-bond donors (Lipinski definition) is 2. The van der Waals surface area contributed by atoms with Gasteiger partial charge < -0.3 is 10.2 Å². The van der Waals surface area contributed by atoms with Crippen molar-refractivity contribution >= 4 is 0 Å². The van der Waals surface area contributed by atoms with Gasteiger partial charge in [0.05, 0.1) is 0 Å². The van der Waals surface area contributed by atoms with Crippen molar-refractivity contribution in [3.8, 4) is 0 Å². The van der Waals surface area contributed by atoms with Crippen LogP contribution in [0.1, 0.15) is 78.1 Å². The van der Waals surface area contributed by atoms with Gasteiger partial charge in [0.1, 0.15) is 0 Å². The van der Waals surface area contributed by atoms with Gasteiger partial charge in [-0.2, -0.15) is 0 Å². The van der Waals surface area contributed by atoms with Crippen LogP contribution < -0.4 is 0 Å². The summed E-state index contributed by atoms with van der Waals surface area (Å²) in [5, 5.41) is 18.5. The molecule has 0 aromatic rings. The summed E-state index contributed by atoms with van der Waals surface area (Å²) in [4.78, 5) is 0. The Labute approximate surface area is 124 Å². The fourth-order valence-electron chi connectivity index (χ4n) is 7.64. The molecule has 0 atom stereocenters. The summed E-state index contributed by atoms with van der Waals surface area (Å²) in [6.07, 6.45) is 12.7. The molecule has 0 saturated heterocycles. The molecule has 4 aliphatic rings. The Morgan fingerprint density at radius 2 is 1.05 bits per heavy atom. The first-order valence-corrected chi connectivity index (χ1v) is 8.58. The fourth-order valence-corrected chi connectivity index (χ4v) is 7.64. The maximum absolute atomic E-state index is 9.27. The Morgan fingerprint density at radius 1 is 0.650 bits per heavy atom. The van der Waals surface area contributed by atoms with Gasteiger partial charge in [-0.25, -0.2) is 0 Å². The summed E-state index contributed by atoms with van der Waals surface area (Å²) >= 11 is 0. The van der Waals surface area contributed by atoms with Gasteiger partial charge in [0.15, 0.2) is 0 Å². The normalized spacial score (nSPS) is 49.8. The summed E-state index contributed by atoms with van der Waals surface area (Å²) in [7, 11) is 0. The van der Waals surface area contributed by atoms with Crippen molar-refractivity contribution in [1.82, 2.24) is 0 Å². The lowest BCUT2D eigenvalue weighted by molar-refractivity contribution is -0.196. The largest absolute Gasteiger partial charge is 0.396 e. The van der Waals surface area contributed by atoms with E-state index in [1.165, 1.54) is 51.4 Å². The SMILES string of the molecule is CC12CC3(C)CC(CCCO)(C1)CC(CCCO)(C2)C3. The molecule has 4 fully saturated rings. The van der Waals surface area contributed by atoms with Crippen LogP contribution in [0, 0.1) is 21.7 Å². The average molecular weight is 280 g/mol. The molecule has 4 bridgehead atoms. The van der Waals surface area contributed by atoms with E-state index in [1.807, 2.05) is 0 Å². The highest BCUT2D eigenvalue weighted by molar-refractivity contribution is 5.15. The molecule has 0 unspecified atom stereocenters. The molecule has 2 heteroatoms. The summed E-state index contributed by atoms with van der Waals surface area (Å²) in [6, 6.07) is 0. The van der Waals surface area contributed by atoms with Gasteiger partial charge in [-0.05, 0) is 85.9 Å². The van der Waals surface area contributed by atoms with Crippen LogP contribution in [-0.2, 0) is 0 Å². The average Bonchev–Trinajstić information content (AvgIpc) is 2.29. The van der Waals surface area contributed by atoms with Gasteiger partial charge in [-0.1, -0.05) is 13.8 Å². The molecular formula is C18H32O2. The second-order valence-electron chi connectivity index (χ2n) is 9.34. The predicted molar refractivity (Wildman–Crippen MR) is 81.4 cm³/mol.